The van der Waals surface area contributed by atoms with Crippen molar-refractivity contribution < 1.29 is 28.3 Å². The van der Waals surface area contributed by atoms with Crippen LogP contribution in [0.3, 0.4) is 0 Å². The Labute approximate surface area is 229 Å². The number of hydroxylamine groups is 2. The quantitative estimate of drug-likeness (QED) is 0.265. The van der Waals surface area contributed by atoms with Gasteiger partial charge in [0.1, 0.15) is 6.61 Å². The van der Waals surface area contributed by atoms with E-state index < -0.39 is 11.7 Å². The minimum Gasteiger partial charge on any atom is -0.321 e. The number of alkyl carbamates (subject to hydrolysis) is 1. The summed E-state index contributed by atoms with van der Waals surface area (Å²) in [6.07, 6.45) is 6.03. The molecule has 3 amide bonds. The first-order chi connectivity index (χ1) is 18.7. The maximum Gasteiger partial charge on any atom is 0.344 e. The zero-order chi connectivity index (χ0) is 28.1. The van der Waals surface area contributed by atoms with Gasteiger partial charge < -0.3 is 4.90 Å². The Bertz CT molecular complexity index is 1120. The maximum atomic E-state index is 11.9. The van der Waals surface area contributed by atoms with Crippen LogP contribution in [-0.4, -0.2) is 71.4 Å². The van der Waals surface area contributed by atoms with Crippen LogP contribution in [0.4, 0.5) is 9.59 Å². The molecule has 2 fully saturated rings. The van der Waals surface area contributed by atoms with E-state index >= 15 is 0 Å². The number of aryl methyl sites for hydroxylation is 1. The number of hydrogen-bond donors (Lipinski definition) is 2. The third-order valence-electron chi connectivity index (χ3n) is 5.67. The van der Waals surface area contributed by atoms with Crippen LogP contribution in [0, 0.1) is 11.5 Å². The number of hydrogen-bond acceptors (Lipinski definition) is 9. The largest absolute Gasteiger partial charge is 0.344 e. The predicted molar refractivity (Wildman–Crippen MR) is 143 cm³/mol. The van der Waals surface area contributed by atoms with Gasteiger partial charge in [-0.3, -0.25) is 4.84 Å². The normalized spacial score (nSPS) is 16.4. The summed E-state index contributed by atoms with van der Waals surface area (Å²) >= 11 is 0. The smallest absolute Gasteiger partial charge is 0.321 e. The standard InChI is InChI=1S/C13H19BN4O4.C13H16N2O2/c1-13(2,3)21-12(19)18-11(14-20-9-15)16-7-4-5-10-6-8-17-22-10;16-13-14-8-4-7-12(9-14)15(13)17-10-11-5-2-1-3-6-11/h6,8,16H,4-5,7H2,1-3H3,(H,18,19);1-3,5-6,12H,4,7-10H2. The first kappa shape index (κ1) is 29.5. The van der Waals surface area contributed by atoms with Crippen LogP contribution in [-0.2, 0) is 27.3 Å². The monoisotopic (exact) mass is 538 g/mol. The van der Waals surface area contributed by atoms with Crippen molar-refractivity contribution in [1.29, 1.82) is 5.26 Å². The molecule has 2 saturated heterocycles. The van der Waals surface area contributed by atoms with E-state index in [0.717, 1.165) is 50.8 Å². The Balaban J connectivity index is 0.000000221. The molecule has 1 aromatic heterocycles. The molecule has 2 N–H and O–H groups in total. The van der Waals surface area contributed by atoms with Crippen molar-refractivity contribution in [3.05, 3.63) is 53.9 Å². The fourth-order valence-corrected chi connectivity index (χ4v) is 3.97. The van der Waals surface area contributed by atoms with Crippen LogP contribution in [0.25, 0.3) is 0 Å². The number of urea groups is 1. The van der Waals surface area contributed by atoms with Crippen LogP contribution in [0.15, 0.2) is 47.1 Å². The fraction of sp³-hybridized carbons (Fsp3) is 0.500. The van der Waals surface area contributed by atoms with Gasteiger partial charge in [-0.25, -0.2) is 4.79 Å². The summed E-state index contributed by atoms with van der Waals surface area (Å²) < 4.78 is 14.6. The topological polar surface area (TPSA) is 142 Å². The number of nitrogens with zero attached hydrogens (tertiary/aromatic N) is 4. The molecular weight excluding hydrogens is 503 g/mol. The van der Waals surface area contributed by atoms with Crippen molar-refractivity contribution >= 4 is 25.0 Å². The van der Waals surface area contributed by atoms with Gasteiger partial charge in [0.25, 0.3) is 0 Å². The minimum absolute atomic E-state index is 0.0310. The van der Waals surface area contributed by atoms with Crippen molar-refractivity contribution in [2.75, 3.05) is 19.6 Å². The second-order valence-corrected chi connectivity index (χ2v) is 9.99. The summed E-state index contributed by atoms with van der Waals surface area (Å²) in [7, 11) is 1.11. The number of nitrogens with one attached hydrogen (secondary N) is 2. The number of carbonyl (C=O) groups excluding carboxylic acids is 2. The summed E-state index contributed by atoms with van der Waals surface area (Å²) in [5.74, 6) is 0.778. The Morgan fingerprint density at radius 1 is 1.28 bits per heavy atom. The van der Waals surface area contributed by atoms with Crippen LogP contribution in [0.5, 0.6) is 0 Å². The predicted octanol–water partition coefficient (Wildman–Crippen LogP) is 2.94. The molecule has 1 unspecified atom stereocenters. The van der Waals surface area contributed by atoms with Crippen molar-refractivity contribution in [2.45, 2.75) is 64.7 Å². The molecule has 39 heavy (non-hydrogen) atoms. The van der Waals surface area contributed by atoms with E-state index in [1.54, 1.807) is 38.1 Å². The maximum absolute atomic E-state index is 11.9. The SMILES string of the molecule is CC(C)(C)OC(=O)NC(=BOC#N)NCCCc1ccno1.O=C1N2CCCC(C2)N1OCc1ccccc1. The number of carbonyl (C=O) groups is 2. The van der Waals surface area contributed by atoms with Crippen molar-refractivity contribution in [3.63, 3.8) is 0 Å². The van der Waals surface area contributed by atoms with E-state index in [2.05, 4.69) is 20.4 Å². The van der Waals surface area contributed by atoms with Gasteiger partial charge in [-0.15, -0.1) is 0 Å². The molecule has 12 nitrogen and oxygen atoms in total. The molecule has 2 aliphatic rings. The second-order valence-electron chi connectivity index (χ2n) is 9.99. The summed E-state index contributed by atoms with van der Waals surface area (Å²) in [6, 6.07) is 12.0. The zero-order valence-corrected chi connectivity index (χ0v) is 22.6. The first-order valence-electron chi connectivity index (χ1n) is 12.9. The third-order valence-corrected chi connectivity index (χ3v) is 5.67. The molecule has 13 heteroatoms. The number of amides is 3. The second kappa shape index (κ2) is 14.8. The molecule has 1 aromatic carbocycles. The Morgan fingerprint density at radius 2 is 2.08 bits per heavy atom. The van der Waals surface area contributed by atoms with Crippen molar-refractivity contribution in [1.82, 2.24) is 25.8 Å². The Hall–Kier alpha value is -4.05. The van der Waals surface area contributed by atoms with Gasteiger partial charge in [0, 0.05) is 13.1 Å². The van der Waals surface area contributed by atoms with Gasteiger partial charge in [0.2, 0.25) is 0 Å². The number of fused-ring (bicyclic) bond motifs is 2. The summed E-state index contributed by atoms with van der Waals surface area (Å²) in [6.45, 7) is 7.98. The molecule has 2 aromatic rings. The molecule has 0 radical (unpaired) electrons. The summed E-state index contributed by atoms with van der Waals surface area (Å²) in [5, 5.41) is 19.0. The Morgan fingerprint density at radius 3 is 2.74 bits per heavy atom. The van der Waals surface area contributed by atoms with Crippen molar-refractivity contribution in [3.8, 4) is 6.26 Å². The molecule has 0 spiro atoms. The van der Waals surface area contributed by atoms with Crippen LogP contribution in [0.2, 0.25) is 0 Å². The fourth-order valence-electron chi connectivity index (χ4n) is 3.97. The van der Waals surface area contributed by atoms with Crippen LogP contribution in [0.1, 0.15) is 51.4 Å². The molecule has 3 heterocycles. The summed E-state index contributed by atoms with van der Waals surface area (Å²) in [4.78, 5) is 31.1. The van der Waals surface area contributed by atoms with Gasteiger partial charge in [-0.1, -0.05) is 30.3 Å². The Kier molecular flexibility index (Phi) is 11.2. The number of rotatable bonds is 10. The zero-order valence-electron chi connectivity index (χ0n) is 22.6. The molecule has 1 atom stereocenters. The average Bonchev–Trinajstić information content (AvgIpc) is 3.50. The first-order valence-corrected chi connectivity index (χ1v) is 12.9. The number of aromatic nitrogens is 1. The van der Waals surface area contributed by atoms with Crippen LogP contribution < -0.4 is 10.6 Å². The number of piperidine rings is 1. The molecule has 2 bridgehead atoms. The minimum atomic E-state index is -0.636. The van der Waals surface area contributed by atoms with Gasteiger partial charge in [0.15, 0.2) is 0 Å². The number of nitriles is 1. The molecule has 208 valence electrons. The third kappa shape index (κ3) is 10.3. The van der Waals surface area contributed by atoms with Gasteiger partial charge in [-0.2, -0.15) is 5.06 Å². The van der Waals surface area contributed by atoms with Gasteiger partial charge >= 0.3 is 135 Å². The van der Waals surface area contributed by atoms with Gasteiger partial charge in [-0.05, 0) is 18.4 Å². The van der Waals surface area contributed by atoms with E-state index in [0.29, 0.717) is 19.6 Å². The van der Waals surface area contributed by atoms with Crippen molar-refractivity contribution in [2.24, 2.45) is 0 Å². The molecule has 4 rings (SSSR count). The van der Waals surface area contributed by atoms with E-state index in [9.17, 15) is 9.59 Å². The van der Waals surface area contributed by atoms with E-state index in [1.165, 1.54) is 6.26 Å². The molecule has 0 saturated carbocycles. The molecule has 0 aliphatic carbocycles. The van der Waals surface area contributed by atoms with Crippen LogP contribution >= 0.6 is 0 Å². The molecular formula is C26H35BN6O6. The van der Waals surface area contributed by atoms with E-state index in [-0.39, 0.29) is 17.8 Å². The summed E-state index contributed by atoms with van der Waals surface area (Å²) in [5.41, 5.74) is 0.725. The average molecular weight is 538 g/mol. The van der Waals surface area contributed by atoms with Gasteiger partial charge in [0.05, 0.1) is 6.04 Å². The van der Waals surface area contributed by atoms with E-state index in [4.69, 9.17) is 19.4 Å². The molecule has 2 aliphatic heterocycles. The number of benzene rings is 1. The number of ether oxygens (including phenoxy) is 1. The van der Waals surface area contributed by atoms with E-state index in [1.807, 2.05) is 35.2 Å².